The zero-order valence-electron chi connectivity index (χ0n) is 10.4. The Labute approximate surface area is 124 Å². The Hall–Kier alpha value is -1.97. The molecule has 4 rings (SSSR count). The number of rotatable bonds is 1. The number of thiophene rings is 1. The molecule has 0 unspecified atom stereocenters. The maximum absolute atomic E-state index is 5.91. The molecular formula is C16H9ClN2S. The number of halogens is 1. The molecule has 20 heavy (non-hydrogen) atoms. The molecule has 2 aromatic carbocycles. The number of benzene rings is 2. The van der Waals surface area contributed by atoms with Crippen molar-refractivity contribution in [2.24, 2.45) is 0 Å². The molecule has 0 N–H and O–H groups in total. The van der Waals surface area contributed by atoms with E-state index in [0.717, 1.165) is 11.3 Å². The molecule has 2 aromatic heterocycles. The maximum Gasteiger partial charge on any atom is 0.222 e. The third-order valence-electron chi connectivity index (χ3n) is 3.31. The molecule has 0 aliphatic carbocycles. The van der Waals surface area contributed by atoms with Crippen LogP contribution in [0.1, 0.15) is 0 Å². The molecule has 4 heteroatoms. The summed E-state index contributed by atoms with van der Waals surface area (Å²) in [5.41, 5.74) is 1.97. The molecule has 96 valence electrons. The Kier molecular flexibility index (Phi) is 2.69. The van der Waals surface area contributed by atoms with E-state index in [4.69, 9.17) is 11.6 Å². The van der Waals surface area contributed by atoms with Crippen molar-refractivity contribution in [1.29, 1.82) is 0 Å². The zero-order valence-corrected chi connectivity index (χ0v) is 11.9. The molecule has 0 radical (unpaired) electrons. The van der Waals surface area contributed by atoms with Crippen molar-refractivity contribution in [3.8, 4) is 11.3 Å². The monoisotopic (exact) mass is 296 g/mol. The van der Waals surface area contributed by atoms with Gasteiger partial charge < -0.3 is 0 Å². The largest absolute Gasteiger partial charge is 0.226 e. The van der Waals surface area contributed by atoms with Gasteiger partial charge in [0.05, 0.1) is 5.69 Å². The Morgan fingerprint density at radius 3 is 2.65 bits per heavy atom. The highest BCUT2D eigenvalue weighted by Crippen LogP contribution is 2.39. The fourth-order valence-corrected chi connectivity index (χ4v) is 3.81. The van der Waals surface area contributed by atoms with Crippen molar-refractivity contribution >= 4 is 43.1 Å². The van der Waals surface area contributed by atoms with Gasteiger partial charge in [-0.05, 0) is 23.7 Å². The second kappa shape index (κ2) is 4.54. The number of aromatic nitrogens is 2. The van der Waals surface area contributed by atoms with Crippen LogP contribution in [0.15, 0.2) is 54.7 Å². The van der Waals surface area contributed by atoms with E-state index < -0.39 is 0 Å². The van der Waals surface area contributed by atoms with Crippen LogP contribution in [0, 0.1) is 0 Å². The highest BCUT2D eigenvalue weighted by molar-refractivity contribution is 7.26. The van der Waals surface area contributed by atoms with E-state index in [1.807, 2.05) is 6.07 Å². The van der Waals surface area contributed by atoms with Gasteiger partial charge in [-0.1, -0.05) is 36.4 Å². The Balaban J connectivity index is 2.10. The quantitative estimate of drug-likeness (QED) is 0.453. The second-order valence-corrected chi connectivity index (χ2v) is 5.88. The zero-order chi connectivity index (χ0) is 13.5. The Bertz CT molecular complexity index is 930. The van der Waals surface area contributed by atoms with Crippen LogP contribution in [-0.2, 0) is 0 Å². The molecule has 0 bridgehead atoms. The smallest absolute Gasteiger partial charge is 0.222 e. The van der Waals surface area contributed by atoms with Crippen LogP contribution in [-0.4, -0.2) is 9.97 Å². The summed E-state index contributed by atoms with van der Waals surface area (Å²) in [7, 11) is 0. The van der Waals surface area contributed by atoms with E-state index in [1.165, 1.54) is 20.2 Å². The average Bonchev–Trinajstić information content (AvgIpc) is 2.86. The Morgan fingerprint density at radius 2 is 1.75 bits per heavy atom. The topological polar surface area (TPSA) is 25.8 Å². The minimum atomic E-state index is 0.278. The highest BCUT2D eigenvalue weighted by Gasteiger charge is 2.10. The summed E-state index contributed by atoms with van der Waals surface area (Å²) in [5.74, 6) is 0. The van der Waals surface area contributed by atoms with E-state index >= 15 is 0 Å². The molecular weight excluding hydrogens is 288 g/mol. The fourth-order valence-electron chi connectivity index (χ4n) is 2.43. The first kappa shape index (κ1) is 11.8. The van der Waals surface area contributed by atoms with Gasteiger partial charge in [-0.3, -0.25) is 0 Å². The van der Waals surface area contributed by atoms with Crippen LogP contribution in [0.25, 0.3) is 31.4 Å². The molecule has 4 aromatic rings. The first-order chi connectivity index (χ1) is 9.83. The van der Waals surface area contributed by atoms with Gasteiger partial charge in [-0.15, -0.1) is 11.3 Å². The van der Waals surface area contributed by atoms with Gasteiger partial charge in [-0.2, -0.15) is 0 Å². The molecule has 2 nitrogen and oxygen atoms in total. The third kappa shape index (κ3) is 1.79. The number of fused-ring (bicyclic) bond motifs is 3. The predicted molar refractivity (Wildman–Crippen MR) is 85.4 cm³/mol. The first-order valence-electron chi connectivity index (χ1n) is 6.22. The summed E-state index contributed by atoms with van der Waals surface area (Å²) < 4.78 is 2.53. The lowest BCUT2D eigenvalue weighted by Gasteiger charge is -2.02. The van der Waals surface area contributed by atoms with Crippen molar-refractivity contribution in [3.63, 3.8) is 0 Å². The third-order valence-corrected chi connectivity index (χ3v) is 4.71. The summed E-state index contributed by atoms with van der Waals surface area (Å²) in [5, 5.41) is 2.83. The minimum absolute atomic E-state index is 0.278. The molecule has 0 atom stereocenters. The molecule has 0 fully saturated rings. The van der Waals surface area contributed by atoms with E-state index in [9.17, 15) is 0 Å². The number of hydrogen-bond acceptors (Lipinski definition) is 3. The molecule has 0 spiro atoms. The summed E-state index contributed by atoms with van der Waals surface area (Å²) in [6, 6.07) is 16.6. The van der Waals surface area contributed by atoms with Crippen LogP contribution >= 0.6 is 22.9 Å². The van der Waals surface area contributed by atoms with Gasteiger partial charge in [0, 0.05) is 31.9 Å². The lowest BCUT2D eigenvalue weighted by atomic mass is 10.1. The van der Waals surface area contributed by atoms with Gasteiger partial charge in [0.15, 0.2) is 0 Å². The van der Waals surface area contributed by atoms with Crippen molar-refractivity contribution in [3.05, 3.63) is 60.0 Å². The SMILES string of the molecule is Clc1nccc(-c2cccc3c2sc2ccccc23)n1. The van der Waals surface area contributed by atoms with Gasteiger partial charge in [0.1, 0.15) is 0 Å². The van der Waals surface area contributed by atoms with E-state index in [-0.39, 0.29) is 5.28 Å². The van der Waals surface area contributed by atoms with Crippen LogP contribution in [0.2, 0.25) is 5.28 Å². The van der Waals surface area contributed by atoms with Crippen molar-refractivity contribution < 1.29 is 0 Å². The van der Waals surface area contributed by atoms with Crippen LogP contribution < -0.4 is 0 Å². The summed E-state index contributed by atoms with van der Waals surface area (Å²) in [6.07, 6.45) is 1.69. The van der Waals surface area contributed by atoms with Crippen LogP contribution in [0.4, 0.5) is 0 Å². The normalized spacial score (nSPS) is 11.2. The molecule has 2 heterocycles. The first-order valence-corrected chi connectivity index (χ1v) is 7.41. The summed E-state index contributed by atoms with van der Waals surface area (Å²) in [4.78, 5) is 8.27. The van der Waals surface area contributed by atoms with E-state index in [0.29, 0.717) is 0 Å². The number of nitrogens with zero attached hydrogens (tertiary/aromatic N) is 2. The van der Waals surface area contributed by atoms with Crippen molar-refractivity contribution in [2.45, 2.75) is 0 Å². The molecule has 0 aliphatic heterocycles. The van der Waals surface area contributed by atoms with E-state index in [1.54, 1.807) is 17.5 Å². The molecule has 0 saturated heterocycles. The van der Waals surface area contributed by atoms with E-state index in [2.05, 4.69) is 52.4 Å². The predicted octanol–water partition coefficient (Wildman–Crippen LogP) is 5.16. The minimum Gasteiger partial charge on any atom is -0.226 e. The molecule has 0 saturated carbocycles. The fraction of sp³-hybridized carbons (Fsp3) is 0. The lowest BCUT2D eigenvalue weighted by Crippen LogP contribution is -1.86. The standard InChI is InChI=1S/C16H9ClN2S/c17-16-18-9-8-13(19-16)12-6-3-5-11-10-4-1-2-7-14(10)20-15(11)12/h1-9H. The second-order valence-electron chi connectivity index (χ2n) is 4.49. The van der Waals surface area contributed by atoms with Crippen LogP contribution in [0.5, 0.6) is 0 Å². The van der Waals surface area contributed by atoms with Crippen LogP contribution in [0.3, 0.4) is 0 Å². The van der Waals surface area contributed by atoms with Gasteiger partial charge in [-0.25, -0.2) is 9.97 Å². The number of hydrogen-bond donors (Lipinski definition) is 0. The van der Waals surface area contributed by atoms with Gasteiger partial charge >= 0.3 is 0 Å². The van der Waals surface area contributed by atoms with Crippen molar-refractivity contribution in [1.82, 2.24) is 9.97 Å². The summed E-state index contributed by atoms with van der Waals surface area (Å²) in [6.45, 7) is 0. The van der Waals surface area contributed by atoms with Crippen molar-refractivity contribution in [2.75, 3.05) is 0 Å². The highest BCUT2D eigenvalue weighted by atomic mass is 35.5. The summed E-state index contributed by atoms with van der Waals surface area (Å²) >= 11 is 7.69. The lowest BCUT2D eigenvalue weighted by molar-refractivity contribution is 1.17. The maximum atomic E-state index is 5.91. The van der Waals surface area contributed by atoms with Gasteiger partial charge in [0.25, 0.3) is 0 Å². The average molecular weight is 297 g/mol. The van der Waals surface area contributed by atoms with Gasteiger partial charge in [0.2, 0.25) is 5.28 Å². The Morgan fingerprint density at radius 1 is 0.900 bits per heavy atom. The molecule has 0 amide bonds. The molecule has 0 aliphatic rings.